The minimum Gasteiger partial charge on any atom is -0.344 e. The fourth-order valence-electron chi connectivity index (χ4n) is 4.06. The van der Waals surface area contributed by atoms with Crippen molar-refractivity contribution < 1.29 is 13.6 Å². The molecule has 2 aromatic carbocycles. The van der Waals surface area contributed by atoms with Crippen LogP contribution in [-0.2, 0) is 4.79 Å². The third kappa shape index (κ3) is 2.72. The molecule has 0 saturated carbocycles. The standard InChI is InChI=1S/C20H20F2N2O/c1-24-10-9-20(19(24)25)8-7-18(23-20)14-4-2-3-13(11-14)16-6-5-15(21)12-17(16)22/h2-6,11-12,18,23H,7-10H2,1H3/t18-,20+/m0/s1. The molecule has 25 heavy (non-hydrogen) atoms. The van der Waals surface area contributed by atoms with Gasteiger partial charge in [0.15, 0.2) is 0 Å². The molecule has 2 atom stereocenters. The maximum absolute atomic E-state index is 14.1. The van der Waals surface area contributed by atoms with Crippen LogP contribution in [0.5, 0.6) is 0 Å². The van der Waals surface area contributed by atoms with Gasteiger partial charge in [-0.1, -0.05) is 18.2 Å². The number of benzene rings is 2. The molecule has 0 unspecified atom stereocenters. The summed E-state index contributed by atoms with van der Waals surface area (Å²) in [6, 6.07) is 11.3. The highest BCUT2D eigenvalue weighted by Crippen LogP contribution is 2.39. The van der Waals surface area contributed by atoms with Gasteiger partial charge in [0.1, 0.15) is 17.2 Å². The number of likely N-dealkylation sites (tertiary alicyclic amines) is 1. The van der Waals surface area contributed by atoms with E-state index in [0.29, 0.717) is 11.1 Å². The third-order valence-electron chi connectivity index (χ3n) is 5.47. The molecule has 5 heteroatoms. The number of hydrogen-bond acceptors (Lipinski definition) is 2. The van der Waals surface area contributed by atoms with Crippen molar-refractivity contribution >= 4 is 5.91 Å². The summed E-state index contributed by atoms with van der Waals surface area (Å²) in [7, 11) is 1.84. The summed E-state index contributed by atoms with van der Waals surface area (Å²) < 4.78 is 27.2. The van der Waals surface area contributed by atoms with Gasteiger partial charge in [-0.15, -0.1) is 0 Å². The second-order valence-electron chi connectivity index (χ2n) is 7.04. The molecule has 1 spiro atoms. The lowest BCUT2D eigenvalue weighted by Crippen LogP contribution is -2.47. The summed E-state index contributed by atoms with van der Waals surface area (Å²) in [6.45, 7) is 0.777. The van der Waals surface area contributed by atoms with Gasteiger partial charge in [0.25, 0.3) is 0 Å². The highest BCUT2D eigenvalue weighted by Gasteiger charge is 2.49. The van der Waals surface area contributed by atoms with Crippen molar-refractivity contribution in [3.05, 3.63) is 59.7 Å². The first-order chi connectivity index (χ1) is 12.0. The van der Waals surface area contributed by atoms with Crippen LogP contribution in [-0.4, -0.2) is 29.9 Å². The highest BCUT2D eigenvalue weighted by atomic mass is 19.1. The van der Waals surface area contributed by atoms with Crippen LogP contribution in [0.25, 0.3) is 11.1 Å². The molecule has 2 aromatic rings. The molecule has 2 fully saturated rings. The topological polar surface area (TPSA) is 32.3 Å². The predicted molar refractivity (Wildman–Crippen MR) is 91.9 cm³/mol. The van der Waals surface area contributed by atoms with Crippen LogP contribution in [0.3, 0.4) is 0 Å². The van der Waals surface area contributed by atoms with E-state index in [1.165, 1.54) is 12.1 Å². The Morgan fingerprint density at radius 3 is 2.72 bits per heavy atom. The van der Waals surface area contributed by atoms with E-state index in [-0.39, 0.29) is 11.9 Å². The average molecular weight is 342 g/mol. The second kappa shape index (κ2) is 5.92. The molecule has 0 radical (unpaired) electrons. The largest absolute Gasteiger partial charge is 0.344 e. The Bertz CT molecular complexity index is 838. The lowest BCUT2D eigenvalue weighted by atomic mass is 9.95. The van der Waals surface area contributed by atoms with Crippen LogP contribution in [0.15, 0.2) is 42.5 Å². The molecule has 4 rings (SSSR count). The number of halogens is 2. The molecule has 3 nitrogen and oxygen atoms in total. The van der Waals surface area contributed by atoms with Gasteiger partial charge in [0.05, 0.1) is 0 Å². The lowest BCUT2D eigenvalue weighted by Gasteiger charge is -2.23. The molecule has 130 valence electrons. The van der Waals surface area contributed by atoms with E-state index in [4.69, 9.17) is 0 Å². The van der Waals surface area contributed by atoms with Gasteiger partial charge in [-0.25, -0.2) is 8.78 Å². The van der Waals surface area contributed by atoms with Crippen LogP contribution in [0.1, 0.15) is 30.9 Å². The number of carbonyl (C=O) groups is 1. The number of carbonyl (C=O) groups excluding carboxylic acids is 1. The first-order valence-corrected chi connectivity index (χ1v) is 8.57. The summed E-state index contributed by atoms with van der Waals surface area (Å²) >= 11 is 0. The SMILES string of the molecule is CN1CC[C@]2(CC[C@@H](c3cccc(-c4ccc(F)cc4F)c3)N2)C1=O. The van der Waals surface area contributed by atoms with E-state index in [1.807, 2.05) is 31.3 Å². The van der Waals surface area contributed by atoms with Gasteiger partial charge in [-0.2, -0.15) is 0 Å². The summed E-state index contributed by atoms with van der Waals surface area (Å²) in [5, 5.41) is 3.52. The molecular weight excluding hydrogens is 322 g/mol. The number of likely N-dealkylation sites (N-methyl/N-ethyl adjacent to an activating group) is 1. The minimum absolute atomic E-state index is 0.0684. The summed E-state index contributed by atoms with van der Waals surface area (Å²) in [6.07, 6.45) is 2.51. The Hall–Kier alpha value is -2.27. The molecule has 2 aliphatic heterocycles. The van der Waals surface area contributed by atoms with Crippen LogP contribution in [0, 0.1) is 11.6 Å². The van der Waals surface area contributed by atoms with Crippen molar-refractivity contribution in [3.63, 3.8) is 0 Å². The van der Waals surface area contributed by atoms with Gasteiger partial charge in [-0.3, -0.25) is 10.1 Å². The van der Waals surface area contributed by atoms with Crippen molar-refractivity contribution in [2.45, 2.75) is 30.8 Å². The number of amides is 1. The monoisotopic (exact) mass is 342 g/mol. The fraction of sp³-hybridized carbons (Fsp3) is 0.350. The highest BCUT2D eigenvalue weighted by molar-refractivity contribution is 5.88. The Morgan fingerprint density at radius 1 is 1.16 bits per heavy atom. The van der Waals surface area contributed by atoms with Crippen molar-refractivity contribution in [3.8, 4) is 11.1 Å². The smallest absolute Gasteiger partial charge is 0.242 e. The van der Waals surface area contributed by atoms with E-state index in [0.717, 1.165) is 37.4 Å². The van der Waals surface area contributed by atoms with Crippen molar-refractivity contribution in [1.82, 2.24) is 10.2 Å². The fourth-order valence-corrected chi connectivity index (χ4v) is 4.06. The predicted octanol–water partition coefficient (Wildman–Crippen LogP) is 3.66. The molecule has 2 heterocycles. The van der Waals surface area contributed by atoms with Crippen LogP contribution < -0.4 is 5.32 Å². The van der Waals surface area contributed by atoms with Gasteiger partial charge in [0.2, 0.25) is 5.91 Å². The zero-order chi connectivity index (χ0) is 17.6. The van der Waals surface area contributed by atoms with Crippen LogP contribution >= 0.6 is 0 Å². The van der Waals surface area contributed by atoms with Gasteiger partial charge in [0, 0.05) is 31.3 Å². The van der Waals surface area contributed by atoms with Crippen molar-refractivity contribution in [2.75, 3.05) is 13.6 Å². The van der Waals surface area contributed by atoms with Gasteiger partial charge >= 0.3 is 0 Å². The van der Waals surface area contributed by atoms with E-state index >= 15 is 0 Å². The zero-order valence-corrected chi connectivity index (χ0v) is 14.1. The lowest BCUT2D eigenvalue weighted by molar-refractivity contribution is -0.131. The summed E-state index contributed by atoms with van der Waals surface area (Å²) in [4.78, 5) is 14.2. The molecule has 2 aliphatic rings. The molecule has 2 saturated heterocycles. The maximum atomic E-state index is 14.1. The van der Waals surface area contributed by atoms with Gasteiger partial charge in [-0.05, 0) is 48.6 Å². The van der Waals surface area contributed by atoms with E-state index in [2.05, 4.69) is 5.32 Å². The van der Waals surface area contributed by atoms with Crippen LogP contribution in [0.2, 0.25) is 0 Å². The van der Waals surface area contributed by atoms with Gasteiger partial charge < -0.3 is 4.90 Å². The molecule has 0 aliphatic carbocycles. The average Bonchev–Trinajstić information content (AvgIpc) is 3.15. The normalized spacial score (nSPS) is 26.0. The Morgan fingerprint density at radius 2 is 2.00 bits per heavy atom. The van der Waals surface area contributed by atoms with E-state index in [1.54, 1.807) is 4.90 Å². The first kappa shape index (κ1) is 16.2. The van der Waals surface area contributed by atoms with Crippen molar-refractivity contribution in [1.29, 1.82) is 0 Å². The molecule has 1 amide bonds. The van der Waals surface area contributed by atoms with E-state index in [9.17, 15) is 13.6 Å². The van der Waals surface area contributed by atoms with Crippen LogP contribution in [0.4, 0.5) is 8.78 Å². The summed E-state index contributed by atoms with van der Waals surface area (Å²) in [5.41, 5.74) is 1.68. The maximum Gasteiger partial charge on any atom is 0.242 e. The molecule has 1 N–H and O–H groups in total. The quantitative estimate of drug-likeness (QED) is 0.903. The summed E-state index contributed by atoms with van der Waals surface area (Å²) in [5.74, 6) is -0.989. The number of hydrogen-bond donors (Lipinski definition) is 1. The first-order valence-electron chi connectivity index (χ1n) is 8.57. The Labute approximate surface area is 145 Å². The number of nitrogens with zero attached hydrogens (tertiary/aromatic N) is 1. The second-order valence-corrected chi connectivity index (χ2v) is 7.04. The third-order valence-corrected chi connectivity index (χ3v) is 5.47. The molecule has 0 bridgehead atoms. The molecule has 0 aromatic heterocycles. The van der Waals surface area contributed by atoms with Crippen molar-refractivity contribution in [2.24, 2.45) is 0 Å². The number of rotatable bonds is 2. The van der Waals surface area contributed by atoms with E-state index < -0.39 is 17.2 Å². The Balaban J connectivity index is 1.62. The molecular formula is C20H20F2N2O. The number of nitrogens with one attached hydrogen (secondary N) is 1. The minimum atomic E-state index is -0.583. The zero-order valence-electron chi connectivity index (χ0n) is 14.1. The Kier molecular flexibility index (Phi) is 3.84.